The summed E-state index contributed by atoms with van der Waals surface area (Å²) in [4.78, 5) is 26.7. The van der Waals surface area contributed by atoms with Crippen molar-refractivity contribution in [2.24, 2.45) is 0 Å². The molecule has 0 unspecified atom stereocenters. The van der Waals surface area contributed by atoms with Crippen LogP contribution in [-0.2, 0) is 11.3 Å². The van der Waals surface area contributed by atoms with E-state index in [-0.39, 0.29) is 12.5 Å². The van der Waals surface area contributed by atoms with Crippen molar-refractivity contribution in [1.82, 2.24) is 35.5 Å². The second kappa shape index (κ2) is 5.19. The van der Waals surface area contributed by atoms with Crippen LogP contribution in [0.4, 0.5) is 0 Å². The molecular formula is C12H13N7O2. The Hall–Kier alpha value is -2.97. The minimum Gasteiger partial charge on any atom is -0.345 e. The number of fused-ring (bicyclic) bond motifs is 1. The predicted octanol–water partition coefficient (Wildman–Crippen LogP) is -0.280. The molecule has 0 aliphatic rings. The van der Waals surface area contributed by atoms with Crippen molar-refractivity contribution in [3.8, 4) is 0 Å². The molecule has 1 atom stereocenters. The number of aromatic amines is 2. The van der Waals surface area contributed by atoms with Crippen molar-refractivity contribution in [1.29, 1.82) is 0 Å². The smallest absolute Gasteiger partial charge is 0.340 e. The van der Waals surface area contributed by atoms with Gasteiger partial charge in [-0.1, -0.05) is 12.1 Å². The number of hydrogen-bond donors (Lipinski definition) is 3. The Morgan fingerprint density at radius 3 is 2.57 bits per heavy atom. The molecule has 0 spiro atoms. The number of hydrogen-bond acceptors (Lipinski definition) is 5. The summed E-state index contributed by atoms with van der Waals surface area (Å²) >= 11 is 0. The molecule has 1 aromatic carbocycles. The predicted molar refractivity (Wildman–Crippen MR) is 73.3 cm³/mol. The van der Waals surface area contributed by atoms with Gasteiger partial charge in [-0.25, -0.2) is 9.89 Å². The van der Waals surface area contributed by atoms with Crippen LogP contribution in [-0.4, -0.2) is 36.1 Å². The Kier molecular flexibility index (Phi) is 3.22. The van der Waals surface area contributed by atoms with Crippen molar-refractivity contribution in [3.05, 3.63) is 40.6 Å². The van der Waals surface area contributed by atoms with Crippen LogP contribution in [0.3, 0.4) is 0 Å². The standard InChI is InChI=1S/C12H13N7O2/c1-7(11-14-12(21)16-15-11)13-10(20)6-19-17-8-4-2-3-5-9(8)18-19/h2-5,7H,6H2,1H3,(H,13,20)(H2,14,15,16,21)/t7-/m0/s1. The molecule has 3 rings (SSSR count). The van der Waals surface area contributed by atoms with Gasteiger partial charge in [-0.3, -0.25) is 9.78 Å². The molecule has 2 heterocycles. The van der Waals surface area contributed by atoms with E-state index in [2.05, 4.69) is 30.7 Å². The van der Waals surface area contributed by atoms with Gasteiger partial charge in [-0.15, -0.1) is 0 Å². The molecule has 0 saturated heterocycles. The number of aromatic nitrogens is 6. The lowest BCUT2D eigenvalue weighted by Gasteiger charge is -2.10. The molecule has 3 N–H and O–H groups in total. The average Bonchev–Trinajstić information content (AvgIpc) is 3.03. The highest BCUT2D eigenvalue weighted by Gasteiger charge is 2.14. The normalized spacial score (nSPS) is 12.4. The fraction of sp³-hybridized carbons (Fsp3) is 0.250. The number of carbonyl (C=O) groups is 1. The Morgan fingerprint density at radius 1 is 1.33 bits per heavy atom. The summed E-state index contributed by atoms with van der Waals surface area (Å²) < 4.78 is 0. The summed E-state index contributed by atoms with van der Waals surface area (Å²) in [6, 6.07) is 6.96. The van der Waals surface area contributed by atoms with Crippen LogP contribution >= 0.6 is 0 Å². The number of benzene rings is 1. The molecule has 0 aliphatic carbocycles. The minimum atomic E-state index is -0.415. The Labute approximate surface area is 118 Å². The number of H-pyrrole nitrogens is 2. The molecule has 0 radical (unpaired) electrons. The van der Waals surface area contributed by atoms with E-state index < -0.39 is 11.7 Å². The van der Waals surface area contributed by atoms with E-state index >= 15 is 0 Å². The second-order valence-corrected chi connectivity index (χ2v) is 4.57. The van der Waals surface area contributed by atoms with Gasteiger partial charge < -0.3 is 5.32 Å². The fourth-order valence-electron chi connectivity index (χ4n) is 1.95. The fourth-order valence-corrected chi connectivity index (χ4v) is 1.95. The molecule has 21 heavy (non-hydrogen) atoms. The van der Waals surface area contributed by atoms with Crippen LogP contribution in [0.1, 0.15) is 18.8 Å². The van der Waals surface area contributed by atoms with E-state index in [4.69, 9.17) is 0 Å². The first-order valence-corrected chi connectivity index (χ1v) is 6.35. The lowest BCUT2D eigenvalue weighted by Crippen LogP contribution is -2.31. The molecule has 1 amide bonds. The van der Waals surface area contributed by atoms with Crippen molar-refractivity contribution in [3.63, 3.8) is 0 Å². The van der Waals surface area contributed by atoms with Gasteiger partial charge in [0.05, 0.1) is 6.04 Å². The van der Waals surface area contributed by atoms with Gasteiger partial charge in [0.2, 0.25) is 5.91 Å². The molecule has 2 aromatic heterocycles. The monoisotopic (exact) mass is 287 g/mol. The SMILES string of the molecule is C[C@H](NC(=O)Cn1nc2ccccc2n1)c1n[nH]c(=O)[nH]1. The Bertz CT molecular complexity index is 798. The largest absolute Gasteiger partial charge is 0.345 e. The van der Waals surface area contributed by atoms with Gasteiger partial charge in [-0.2, -0.15) is 20.1 Å². The van der Waals surface area contributed by atoms with Crippen LogP contribution in [0.5, 0.6) is 0 Å². The van der Waals surface area contributed by atoms with Gasteiger partial charge in [0.15, 0.2) is 5.82 Å². The van der Waals surface area contributed by atoms with Crippen molar-refractivity contribution < 1.29 is 4.79 Å². The number of rotatable bonds is 4. The molecule has 0 bridgehead atoms. The summed E-state index contributed by atoms with van der Waals surface area (Å²) in [6.07, 6.45) is 0. The van der Waals surface area contributed by atoms with Crippen molar-refractivity contribution in [2.75, 3.05) is 0 Å². The van der Waals surface area contributed by atoms with E-state index in [0.29, 0.717) is 5.82 Å². The first kappa shape index (κ1) is 13.0. The second-order valence-electron chi connectivity index (χ2n) is 4.57. The minimum absolute atomic E-state index is 0.00627. The zero-order chi connectivity index (χ0) is 14.8. The number of nitrogens with one attached hydrogen (secondary N) is 3. The highest BCUT2D eigenvalue weighted by atomic mass is 16.2. The molecule has 0 saturated carbocycles. The molecule has 108 valence electrons. The van der Waals surface area contributed by atoms with Gasteiger partial charge in [0.1, 0.15) is 17.6 Å². The highest BCUT2D eigenvalue weighted by molar-refractivity contribution is 5.77. The first-order chi connectivity index (χ1) is 10.1. The van der Waals surface area contributed by atoms with E-state index in [1.165, 1.54) is 4.80 Å². The summed E-state index contributed by atoms with van der Waals surface area (Å²) in [5.74, 6) is 0.0959. The molecule has 3 aromatic rings. The number of carbonyl (C=O) groups excluding carboxylic acids is 1. The van der Waals surface area contributed by atoms with Crippen molar-refractivity contribution in [2.45, 2.75) is 19.5 Å². The van der Waals surface area contributed by atoms with E-state index in [0.717, 1.165) is 11.0 Å². The third kappa shape index (κ3) is 2.81. The maximum Gasteiger partial charge on any atom is 0.340 e. The Balaban J connectivity index is 1.67. The third-order valence-electron chi connectivity index (χ3n) is 2.92. The van der Waals surface area contributed by atoms with Crippen molar-refractivity contribution >= 4 is 16.9 Å². The highest BCUT2D eigenvalue weighted by Crippen LogP contribution is 2.07. The molecule has 9 nitrogen and oxygen atoms in total. The van der Waals surface area contributed by atoms with Gasteiger partial charge >= 0.3 is 5.69 Å². The van der Waals surface area contributed by atoms with E-state index in [9.17, 15) is 9.59 Å². The van der Waals surface area contributed by atoms with Crippen LogP contribution in [0.25, 0.3) is 11.0 Å². The number of amides is 1. The molecule has 0 fully saturated rings. The van der Waals surface area contributed by atoms with E-state index in [1.54, 1.807) is 6.92 Å². The maximum atomic E-state index is 11.9. The topological polar surface area (TPSA) is 121 Å². The third-order valence-corrected chi connectivity index (χ3v) is 2.92. The van der Waals surface area contributed by atoms with Crippen LogP contribution < -0.4 is 11.0 Å². The van der Waals surface area contributed by atoms with Crippen LogP contribution in [0.2, 0.25) is 0 Å². The maximum absolute atomic E-state index is 11.9. The average molecular weight is 287 g/mol. The van der Waals surface area contributed by atoms with Crippen LogP contribution in [0, 0.1) is 0 Å². The van der Waals surface area contributed by atoms with Crippen LogP contribution in [0.15, 0.2) is 29.1 Å². The first-order valence-electron chi connectivity index (χ1n) is 6.35. The van der Waals surface area contributed by atoms with E-state index in [1.807, 2.05) is 24.3 Å². The zero-order valence-electron chi connectivity index (χ0n) is 11.2. The zero-order valence-corrected chi connectivity index (χ0v) is 11.2. The van der Waals surface area contributed by atoms with Gasteiger partial charge in [0, 0.05) is 0 Å². The molecular weight excluding hydrogens is 274 g/mol. The lowest BCUT2D eigenvalue weighted by atomic mass is 10.3. The molecule has 9 heteroatoms. The van der Waals surface area contributed by atoms with Gasteiger partial charge in [0.25, 0.3) is 0 Å². The lowest BCUT2D eigenvalue weighted by molar-refractivity contribution is -0.122. The van der Waals surface area contributed by atoms with Gasteiger partial charge in [-0.05, 0) is 19.1 Å². The summed E-state index contributed by atoms with van der Waals surface area (Å²) in [5, 5.41) is 17.1. The molecule has 0 aliphatic heterocycles. The number of nitrogens with zero attached hydrogens (tertiary/aromatic N) is 4. The summed E-state index contributed by atoms with van der Waals surface area (Å²) in [5.41, 5.74) is 1.05. The Morgan fingerprint density at radius 2 is 2.00 bits per heavy atom. The summed E-state index contributed by atoms with van der Waals surface area (Å²) in [6.45, 7) is 1.71. The quantitative estimate of drug-likeness (QED) is 0.609. The summed E-state index contributed by atoms with van der Waals surface area (Å²) in [7, 11) is 0.